The second-order valence-corrected chi connectivity index (χ2v) is 10.1. The first-order valence-corrected chi connectivity index (χ1v) is 12.8. The molecule has 202 valence electrons. The number of carbonyl (C=O) groups excluding carboxylic acids is 1. The smallest absolute Gasteiger partial charge is 0.309 e. The number of hydrogen-bond acceptors (Lipinski definition) is 5. The number of nitrogens with zero attached hydrogens (tertiary/aromatic N) is 1. The molecule has 0 aliphatic heterocycles. The average molecular weight is 511 g/mol. The molecule has 2 aromatic rings. The van der Waals surface area contributed by atoms with Gasteiger partial charge in [-0.3, -0.25) is 14.5 Å². The Bertz CT molecular complexity index is 1090. The normalized spacial score (nSPS) is 11.9. The van der Waals surface area contributed by atoms with Crippen molar-refractivity contribution in [2.75, 3.05) is 32.1 Å². The van der Waals surface area contributed by atoms with Gasteiger partial charge in [0.15, 0.2) is 0 Å². The molecule has 0 radical (unpaired) electrons. The summed E-state index contributed by atoms with van der Waals surface area (Å²) >= 11 is 0. The lowest BCUT2D eigenvalue weighted by Gasteiger charge is -2.24. The minimum absolute atomic E-state index is 0.113. The Hall–Kier alpha value is -3.32. The summed E-state index contributed by atoms with van der Waals surface area (Å²) in [4.78, 5) is 26.6. The van der Waals surface area contributed by atoms with Crippen LogP contribution in [-0.2, 0) is 27.3 Å². The molecule has 0 atom stereocenters. The van der Waals surface area contributed by atoms with Gasteiger partial charge in [-0.05, 0) is 87.9 Å². The van der Waals surface area contributed by atoms with Crippen LogP contribution in [0.1, 0.15) is 56.4 Å². The third-order valence-electron chi connectivity index (χ3n) is 6.23. The van der Waals surface area contributed by atoms with Gasteiger partial charge in [0.05, 0.1) is 32.2 Å². The third-order valence-corrected chi connectivity index (χ3v) is 6.23. The fourth-order valence-corrected chi connectivity index (χ4v) is 3.99. The van der Waals surface area contributed by atoms with Gasteiger partial charge in [0.25, 0.3) is 0 Å². The van der Waals surface area contributed by atoms with Crippen LogP contribution in [0.2, 0.25) is 0 Å². The molecule has 0 spiro atoms. The molecule has 0 aromatic heterocycles. The molecule has 0 aliphatic rings. The molecule has 7 heteroatoms. The number of amides is 1. The Balaban J connectivity index is 2.18. The molecule has 37 heavy (non-hydrogen) atoms. The van der Waals surface area contributed by atoms with E-state index in [1.165, 1.54) is 0 Å². The first-order valence-electron chi connectivity index (χ1n) is 12.8. The summed E-state index contributed by atoms with van der Waals surface area (Å²) in [6.07, 6.45) is 3.29. The van der Waals surface area contributed by atoms with Crippen molar-refractivity contribution in [1.29, 1.82) is 0 Å². The lowest BCUT2D eigenvalue weighted by Crippen LogP contribution is -2.35. The maximum Gasteiger partial charge on any atom is 0.309 e. The molecular formula is C30H42N2O5. The number of rotatable bonds is 14. The molecule has 1 amide bonds. The SMILES string of the molecule is C/C=C(/CN(CC(=O)Nc1cc(C)c(OC)cc1C)Cc1ccc(CC(C)(C)C(=O)O)cc1)OCCC. The highest BCUT2D eigenvalue weighted by Crippen LogP contribution is 2.26. The molecule has 0 bridgehead atoms. The van der Waals surface area contributed by atoms with Gasteiger partial charge in [0, 0.05) is 12.2 Å². The van der Waals surface area contributed by atoms with Crippen LogP contribution in [0.15, 0.2) is 48.2 Å². The first kappa shape index (κ1) is 29.9. The van der Waals surface area contributed by atoms with Gasteiger partial charge < -0.3 is 19.9 Å². The molecule has 0 unspecified atom stereocenters. The van der Waals surface area contributed by atoms with Gasteiger partial charge in [0.1, 0.15) is 11.5 Å². The number of methoxy groups -OCH3 is 1. The van der Waals surface area contributed by atoms with Crippen molar-refractivity contribution in [3.8, 4) is 5.75 Å². The quantitative estimate of drug-likeness (QED) is 0.315. The number of ether oxygens (including phenoxy) is 2. The van der Waals surface area contributed by atoms with E-state index < -0.39 is 11.4 Å². The third kappa shape index (κ3) is 9.25. The van der Waals surface area contributed by atoms with Crippen LogP contribution in [0, 0.1) is 19.3 Å². The topological polar surface area (TPSA) is 88.1 Å². The highest BCUT2D eigenvalue weighted by Gasteiger charge is 2.27. The Morgan fingerprint density at radius 1 is 1.05 bits per heavy atom. The van der Waals surface area contributed by atoms with Crippen molar-refractivity contribution in [3.05, 3.63) is 70.5 Å². The summed E-state index contributed by atoms with van der Waals surface area (Å²) in [7, 11) is 1.64. The second kappa shape index (κ2) is 13.8. The Labute approximate surface area is 221 Å². The molecule has 0 saturated carbocycles. The maximum absolute atomic E-state index is 13.1. The Kier molecular flexibility index (Phi) is 11.2. The van der Waals surface area contributed by atoms with Crippen LogP contribution in [0.5, 0.6) is 5.75 Å². The highest BCUT2D eigenvalue weighted by atomic mass is 16.5. The van der Waals surface area contributed by atoms with Gasteiger partial charge in [-0.2, -0.15) is 0 Å². The molecule has 2 rings (SSSR count). The van der Waals surface area contributed by atoms with Gasteiger partial charge in [-0.25, -0.2) is 0 Å². The van der Waals surface area contributed by atoms with Crippen LogP contribution in [-0.4, -0.2) is 48.7 Å². The number of carboxylic acids is 1. The second-order valence-electron chi connectivity index (χ2n) is 10.1. The fourth-order valence-electron chi connectivity index (χ4n) is 3.99. The van der Waals surface area contributed by atoms with E-state index in [0.717, 1.165) is 45.9 Å². The monoisotopic (exact) mass is 510 g/mol. The van der Waals surface area contributed by atoms with E-state index in [1.54, 1.807) is 21.0 Å². The van der Waals surface area contributed by atoms with Crippen LogP contribution in [0.4, 0.5) is 5.69 Å². The predicted octanol–water partition coefficient (Wildman–Crippen LogP) is 5.74. The summed E-state index contributed by atoms with van der Waals surface area (Å²) in [5.74, 6) is 0.685. The molecular weight excluding hydrogens is 468 g/mol. The molecule has 7 nitrogen and oxygen atoms in total. The van der Waals surface area contributed by atoms with Crippen LogP contribution >= 0.6 is 0 Å². The van der Waals surface area contributed by atoms with E-state index >= 15 is 0 Å². The molecule has 0 heterocycles. The zero-order valence-corrected chi connectivity index (χ0v) is 23.3. The predicted molar refractivity (Wildman–Crippen MR) is 148 cm³/mol. The summed E-state index contributed by atoms with van der Waals surface area (Å²) in [5, 5.41) is 12.5. The van der Waals surface area contributed by atoms with Crippen molar-refractivity contribution in [3.63, 3.8) is 0 Å². The number of aryl methyl sites for hydroxylation is 2. The van der Waals surface area contributed by atoms with Crippen molar-refractivity contribution >= 4 is 17.6 Å². The number of nitrogens with one attached hydrogen (secondary N) is 1. The van der Waals surface area contributed by atoms with E-state index in [1.807, 2.05) is 68.1 Å². The van der Waals surface area contributed by atoms with Crippen LogP contribution in [0.3, 0.4) is 0 Å². The lowest BCUT2D eigenvalue weighted by atomic mass is 9.86. The zero-order chi connectivity index (χ0) is 27.6. The number of anilines is 1. The van der Waals surface area contributed by atoms with E-state index in [2.05, 4.69) is 12.2 Å². The maximum atomic E-state index is 13.1. The first-order chi connectivity index (χ1) is 17.5. The summed E-state index contributed by atoms with van der Waals surface area (Å²) < 4.78 is 11.3. The van der Waals surface area contributed by atoms with E-state index in [-0.39, 0.29) is 12.5 Å². The number of carbonyl (C=O) groups is 2. The van der Waals surface area contributed by atoms with Gasteiger partial charge in [0.2, 0.25) is 5.91 Å². The molecule has 0 saturated heterocycles. The standard InChI is InChI=1S/C30H42N2O5/c1-8-14-37-25(9-2)19-32(18-24-12-10-23(11-13-24)17-30(5,6)29(34)35)20-28(33)31-26-15-22(4)27(36-7)16-21(26)3/h9-13,15-16H,8,14,17-20H2,1-7H3,(H,31,33)(H,34,35)/b25-9-. The van der Waals surface area contributed by atoms with Gasteiger partial charge in [-0.15, -0.1) is 0 Å². The minimum atomic E-state index is -0.832. The number of hydrogen-bond donors (Lipinski definition) is 2. The number of aliphatic carboxylic acids is 1. The van der Waals surface area contributed by atoms with Crippen molar-refractivity contribution in [2.45, 2.75) is 60.9 Å². The largest absolute Gasteiger partial charge is 0.497 e. The number of benzene rings is 2. The number of carboxylic acid groups (broad SMARTS) is 1. The van der Waals surface area contributed by atoms with Crippen LogP contribution in [0.25, 0.3) is 0 Å². The molecule has 2 N–H and O–H groups in total. The molecule has 0 aliphatic carbocycles. The molecule has 0 fully saturated rings. The van der Waals surface area contributed by atoms with E-state index in [4.69, 9.17) is 9.47 Å². The van der Waals surface area contributed by atoms with Gasteiger partial charge >= 0.3 is 5.97 Å². The van der Waals surface area contributed by atoms with E-state index in [9.17, 15) is 14.7 Å². The average Bonchev–Trinajstić information content (AvgIpc) is 2.84. The van der Waals surface area contributed by atoms with Crippen molar-refractivity contribution < 1.29 is 24.2 Å². The Morgan fingerprint density at radius 3 is 2.27 bits per heavy atom. The molecule has 2 aromatic carbocycles. The van der Waals surface area contributed by atoms with E-state index in [0.29, 0.717) is 26.1 Å². The summed E-state index contributed by atoms with van der Waals surface area (Å²) in [6, 6.07) is 11.8. The fraction of sp³-hybridized carbons (Fsp3) is 0.467. The zero-order valence-electron chi connectivity index (χ0n) is 23.3. The van der Waals surface area contributed by atoms with Crippen molar-refractivity contribution in [2.24, 2.45) is 5.41 Å². The van der Waals surface area contributed by atoms with Crippen molar-refractivity contribution in [1.82, 2.24) is 4.90 Å². The van der Waals surface area contributed by atoms with Gasteiger partial charge in [-0.1, -0.05) is 31.2 Å². The summed E-state index contributed by atoms with van der Waals surface area (Å²) in [6.45, 7) is 13.2. The summed E-state index contributed by atoms with van der Waals surface area (Å²) in [5.41, 5.74) is 3.82. The highest BCUT2D eigenvalue weighted by molar-refractivity contribution is 5.93. The minimum Gasteiger partial charge on any atom is -0.497 e. The number of allylic oxidation sites excluding steroid dienone is 1. The van der Waals surface area contributed by atoms with Crippen LogP contribution < -0.4 is 10.1 Å². The Morgan fingerprint density at radius 2 is 1.70 bits per heavy atom. The lowest BCUT2D eigenvalue weighted by molar-refractivity contribution is -0.146.